The molecule has 3 aromatic carbocycles. The number of benzene rings is 3. The van der Waals surface area contributed by atoms with E-state index < -0.39 is 10.8 Å². The van der Waals surface area contributed by atoms with Gasteiger partial charge in [-0.3, -0.25) is 14.9 Å². The predicted octanol–water partition coefficient (Wildman–Crippen LogP) is 5.93. The number of nitro groups is 1. The van der Waals surface area contributed by atoms with Gasteiger partial charge in [-0.1, -0.05) is 18.2 Å². The van der Waals surface area contributed by atoms with E-state index in [0.717, 1.165) is 5.56 Å². The van der Waals surface area contributed by atoms with Crippen LogP contribution in [0.3, 0.4) is 0 Å². The normalized spacial score (nSPS) is 11.0. The Bertz CT molecular complexity index is 1570. The highest BCUT2D eigenvalue weighted by atomic mass is 16.6. The summed E-state index contributed by atoms with van der Waals surface area (Å²) < 4.78 is 11.3. The predicted molar refractivity (Wildman–Crippen MR) is 125 cm³/mol. The molecule has 5 aromatic rings. The van der Waals surface area contributed by atoms with E-state index in [1.165, 1.54) is 30.3 Å². The number of amides is 1. The number of carbonyl (C=O) groups excluding carboxylic acids is 1. The summed E-state index contributed by atoms with van der Waals surface area (Å²) >= 11 is 0. The number of oxazole rings is 1. The number of aryl methyl sites for hydroxylation is 1. The first-order valence-corrected chi connectivity index (χ1v) is 10.2. The molecule has 0 aliphatic heterocycles. The maximum Gasteiger partial charge on any atom is 0.291 e. The van der Waals surface area contributed by atoms with Crippen molar-refractivity contribution in [1.29, 1.82) is 0 Å². The summed E-state index contributed by atoms with van der Waals surface area (Å²) in [5.41, 5.74) is 3.46. The molecule has 0 saturated heterocycles. The van der Waals surface area contributed by atoms with Crippen LogP contribution in [-0.4, -0.2) is 20.9 Å². The van der Waals surface area contributed by atoms with Crippen LogP contribution in [0.5, 0.6) is 5.75 Å². The molecular weight excluding hydrogens is 438 g/mol. The van der Waals surface area contributed by atoms with Crippen LogP contribution in [0.2, 0.25) is 0 Å². The Balaban J connectivity index is 1.35. The van der Waals surface area contributed by atoms with Crippen molar-refractivity contribution in [2.75, 3.05) is 5.32 Å². The Morgan fingerprint density at radius 3 is 2.68 bits per heavy atom. The molecule has 0 aliphatic rings. The number of nitrogens with zero attached hydrogens (tertiary/aromatic N) is 2. The summed E-state index contributed by atoms with van der Waals surface area (Å²) in [6, 6.07) is 19.2. The molecule has 2 heterocycles. The van der Waals surface area contributed by atoms with Crippen LogP contribution in [0, 0.1) is 17.0 Å². The van der Waals surface area contributed by atoms with Crippen molar-refractivity contribution in [2.24, 2.45) is 0 Å². The van der Waals surface area contributed by atoms with Gasteiger partial charge in [-0.25, -0.2) is 4.98 Å². The molecule has 1 amide bonds. The number of aromatic nitrogens is 1. The number of nitro benzene ring substituents is 1. The first kappa shape index (κ1) is 21.0. The van der Waals surface area contributed by atoms with Crippen molar-refractivity contribution in [3.63, 3.8) is 0 Å². The Kier molecular flexibility index (Phi) is 5.06. The molecule has 0 atom stereocenters. The van der Waals surface area contributed by atoms with Gasteiger partial charge in [-0.05, 0) is 48.9 Å². The quantitative estimate of drug-likeness (QED) is 0.248. The van der Waals surface area contributed by atoms with Gasteiger partial charge >= 0.3 is 0 Å². The second kappa shape index (κ2) is 8.21. The van der Waals surface area contributed by atoms with E-state index in [-0.39, 0.29) is 23.1 Å². The number of non-ortho nitro benzene ring substituents is 1. The molecule has 34 heavy (non-hydrogen) atoms. The van der Waals surface area contributed by atoms with Crippen LogP contribution >= 0.6 is 0 Å². The average molecular weight is 455 g/mol. The second-order valence-corrected chi connectivity index (χ2v) is 7.65. The van der Waals surface area contributed by atoms with E-state index in [0.29, 0.717) is 33.7 Å². The third-order valence-corrected chi connectivity index (χ3v) is 5.20. The summed E-state index contributed by atoms with van der Waals surface area (Å²) in [7, 11) is 0. The van der Waals surface area contributed by atoms with Crippen molar-refractivity contribution in [1.82, 2.24) is 4.98 Å². The lowest BCUT2D eigenvalue weighted by molar-refractivity contribution is -0.384. The molecular formula is C25H17N3O6. The number of nitrogens with one attached hydrogen (secondary N) is 1. The number of furan rings is 1. The van der Waals surface area contributed by atoms with Gasteiger partial charge in [-0.15, -0.1) is 0 Å². The fraction of sp³-hybridized carbons (Fsp3) is 0.0400. The van der Waals surface area contributed by atoms with Gasteiger partial charge in [0.25, 0.3) is 11.6 Å². The SMILES string of the molecule is Cc1ccc2oc(-c3ccc(NC(=O)c4ccc(-c5cccc([N+](=O)[O-])c5)o4)cc3O)nc2c1. The van der Waals surface area contributed by atoms with E-state index in [9.17, 15) is 20.0 Å². The van der Waals surface area contributed by atoms with Crippen molar-refractivity contribution >= 4 is 28.4 Å². The molecule has 0 radical (unpaired) electrons. The van der Waals surface area contributed by atoms with Gasteiger partial charge in [-0.2, -0.15) is 0 Å². The fourth-order valence-electron chi connectivity index (χ4n) is 3.52. The van der Waals surface area contributed by atoms with Crippen molar-refractivity contribution in [2.45, 2.75) is 6.92 Å². The molecule has 0 unspecified atom stereocenters. The lowest BCUT2D eigenvalue weighted by Crippen LogP contribution is -2.10. The van der Waals surface area contributed by atoms with Gasteiger partial charge < -0.3 is 19.3 Å². The highest BCUT2D eigenvalue weighted by Gasteiger charge is 2.17. The zero-order chi connectivity index (χ0) is 23.8. The van der Waals surface area contributed by atoms with Gasteiger partial charge in [0.05, 0.1) is 10.5 Å². The molecule has 0 saturated carbocycles. The molecule has 2 aromatic heterocycles. The summed E-state index contributed by atoms with van der Waals surface area (Å²) in [6.45, 7) is 1.95. The minimum Gasteiger partial charge on any atom is -0.507 e. The second-order valence-electron chi connectivity index (χ2n) is 7.65. The monoisotopic (exact) mass is 455 g/mol. The summed E-state index contributed by atoms with van der Waals surface area (Å²) in [4.78, 5) is 27.5. The largest absolute Gasteiger partial charge is 0.507 e. The molecule has 9 nitrogen and oxygen atoms in total. The minimum atomic E-state index is -0.541. The maximum atomic E-state index is 12.6. The number of hydrogen-bond acceptors (Lipinski definition) is 7. The molecule has 0 bridgehead atoms. The number of hydrogen-bond donors (Lipinski definition) is 2. The highest BCUT2D eigenvalue weighted by Crippen LogP contribution is 2.33. The number of rotatable bonds is 5. The fourth-order valence-corrected chi connectivity index (χ4v) is 3.52. The standard InChI is InChI=1S/C25H17N3O6/c1-14-5-8-22-19(11-14)27-25(34-22)18-7-6-16(13-20(18)29)26-24(30)23-10-9-21(33-23)15-3-2-4-17(12-15)28(31)32/h2-13,29H,1H3,(H,26,30). The van der Waals surface area contributed by atoms with E-state index >= 15 is 0 Å². The van der Waals surface area contributed by atoms with Crippen molar-refractivity contribution in [3.05, 3.63) is 94.2 Å². The zero-order valence-electron chi connectivity index (χ0n) is 17.8. The Labute approximate surface area is 192 Å². The Hall–Kier alpha value is -4.92. The van der Waals surface area contributed by atoms with Gasteiger partial charge in [0, 0.05) is 29.4 Å². The number of fused-ring (bicyclic) bond motifs is 1. The number of carbonyl (C=O) groups is 1. The molecule has 5 rings (SSSR count). The molecule has 0 fully saturated rings. The Morgan fingerprint density at radius 2 is 1.88 bits per heavy atom. The van der Waals surface area contributed by atoms with Crippen molar-refractivity contribution in [3.8, 4) is 28.5 Å². The third kappa shape index (κ3) is 3.97. The number of phenols is 1. The van der Waals surface area contributed by atoms with Gasteiger partial charge in [0.15, 0.2) is 11.3 Å². The minimum absolute atomic E-state index is 0.0133. The van der Waals surface area contributed by atoms with Crippen LogP contribution in [0.15, 0.2) is 81.6 Å². The molecule has 0 spiro atoms. The number of phenolic OH excluding ortho intramolecular Hbond substituents is 1. The lowest BCUT2D eigenvalue weighted by Gasteiger charge is -2.06. The van der Waals surface area contributed by atoms with Gasteiger partial charge in [0.2, 0.25) is 5.89 Å². The van der Waals surface area contributed by atoms with Crippen LogP contribution < -0.4 is 5.32 Å². The van der Waals surface area contributed by atoms with Crippen LogP contribution in [-0.2, 0) is 0 Å². The van der Waals surface area contributed by atoms with E-state index in [1.807, 2.05) is 25.1 Å². The molecule has 0 aliphatic carbocycles. The first-order chi connectivity index (χ1) is 16.4. The topological polar surface area (TPSA) is 132 Å². The average Bonchev–Trinajstić information content (AvgIpc) is 3.46. The summed E-state index contributed by atoms with van der Waals surface area (Å²) in [5, 5.41) is 24.1. The van der Waals surface area contributed by atoms with Crippen molar-refractivity contribution < 1.29 is 23.7 Å². The highest BCUT2D eigenvalue weighted by molar-refractivity contribution is 6.02. The molecule has 2 N–H and O–H groups in total. The molecule has 168 valence electrons. The smallest absolute Gasteiger partial charge is 0.291 e. The van der Waals surface area contributed by atoms with Gasteiger partial charge in [0.1, 0.15) is 17.0 Å². The maximum absolute atomic E-state index is 12.6. The first-order valence-electron chi connectivity index (χ1n) is 10.2. The molecule has 9 heteroatoms. The summed E-state index contributed by atoms with van der Waals surface area (Å²) in [5.74, 6) is -0.0554. The van der Waals surface area contributed by atoms with E-state index in [1.54, 1.807) is 24.3 Å². The Morgan fingerprint density at radius 1 is 1.03 bits per heavy atom. The zero-order valence-corrected chi connectivity index (χ0v) is 17.8. The summed E-state index contributed by atoms with van der Waals surface area (Å²) in [6.07, 6.45) is 0. The van der Waals surface area contributed by atoms with E-state index in [2.05, 4.69) is 10.3 Å². The third-order valence-electron chi connectivity index (χ3n) is 5.20. The van der Waals surface area contributed by atoms with E-state index in [4.69, 9.17) is 8.83 Å². The number of anilines is 1. The van der Waals surface area contributed by atoms with Crippen LogP contribution in [0.25, 0.3) is 33.9 Å². The van der Waals surface area contributed by atoms with Crippen LogP contribution in [0.1, 0.15) is 16.1 Å². The lowest BCUT2D eigenvalue weighted by atomic mass is 10.1. The van der Waals surface area contributed by atoms with Crippen LogP contribution in [0.4, 0.5) is 11.4 Å². The number of aromatic hydroxyl groups is 1.